The maximum atomic E-state index is 10.7. The average molecular weight is 437 g/mol. The second-order valence-corrected chi connectivity index (χ2v) is 10.4. The van der Waals surface area contributed by atoms with Crippen LogP contribution in [0.3, 0.4) is 0 Å². The van der Waals surface area contributed by atoms with Crippen molar-refractivity contribution in [1.82, 2.24) is 0 Å². The van der Waals surface area contributed by atoms with Crippen LogP contribution in [0.2, 0.25) is 0 Å². The van der Waals surface area contributed by atoms with Gasteiger partial charge in [-0.3, -0.25) is 9.98 Å². The topological polar surface area (TPSA) is 65.2 Å². The average Bonchev–Trinajstić information content (AvgIpc) is 2.70. The lowest BCUT2D eigenvalue weighted by Gasteiger charge is -2.22. The molecule has 0 aromatic heterocycles. The molecule has 0 saturated heterocycles. The molecule has 32 heavy (non-hydrogen) atoms. The van der Waals surface area contributed by atoms with Crippen molar-refractivity contribution in [3.8, 4) is 11.5 Å². The molecule has 0 aliphatic carbocycles. The molecule has 0 unspecified atom stereocenters. The van der Waals surface area contributed by atoms with Gasteiger partial charge in [0.2, 0.25) is 0 Å². The standard InChI is InChI=1S/C28H40N2O2/c1-9-19-13-21(25(31)23(15-19)27(3,4)5)17-29-11-12-30-18-22-14-20(10-2)16-24(26(22)32)28(6,7)8/h13-18,31-32H,9-12H2,1-8H3/b29-17+,30-18+. The van der Waals surface area contributed by atoms with Crippen molar-refractivity contribution in [2.24, 2.45) is 9.98 Å². The number of hydrogen-bond acceptors (Lipinski definition) is 4. The number of hydrogen-bond donors (Lipinski definition) is 2. The summed E-state index contributed by atoms with van der Waals surface area (Å²) in [6, 6.07) is 8.17. The van der Waals surface area contributed by atoms with Crippen LogP contribution in [0.25, 0.3) is 0 Å². The van der Waals surface area contributed by atoms with Crippen molar-refractivity contribution in [3.63, 3.8) is 0 Å². The summed E-state index contributed by atoms with van der Waals surface area (Å²) in [5, 5.41) is 21.4. The smallest absolute Gasteiger partial charge is 0.128 e. The highest BCUT2D eigenvalue weighted by molar-refractivity contribution is 5.85. The van der Waals surface area contributed by atoms with Crippen molar-refractivity contribution < 1.29 is 10.2 Å². The first-order chi connectivity index (χ1) is 14.9. The Hall–Kier alpha value is -2.62. The number of aromatic hydroxyl groups is 2. The van der Waals surface area contributed by atoms with Gasteiger partial charge in [-0.25, -0.2) is 0 Å². The van der Waals surface area contributed by atoms with Gasteiger partial charge >= 0.3 is 0 Å². The minimum Gasteiger partial charge on any atom is -0.507 e. The highest BCUT2D eigenvalue weighted by atomic mass is 16.3. The lowest BCUT2D eigenvalue weighted by molar-refractivity contribution is 0.444. The highest BCUT2D eigenvalue weighted by Gasteiger charge is 2.21. The molecule has 174 valence electrons. The third-order valence-electron chi connectivity index (χ3n) is 5.65. The molecule has 2 aromatic carbocycles. The third-order valence-corrected chi connectivity index (χ3v) is 5.65. The normalized spacial score (nSPS) is 12.9. The predicted molar refractivity (Wildman–Crippen MR) is 137 cm³/mol. The number of benzene rings is 2. The van der Waals surface area contributed by atoms with Crippen molar-refractivity contribution in [2.75, 3.05) is 13.1 Å². The van der Waals surface area contributed by atoms with Crippen LogP contribution >= 0.6 is 0 Å². The summed E-state index contributed by atoms with van der Waals surface area (Å²) < 4.78 is 0. The van der Waals surface area contributed by atoms with E-state index in [0.29, 0.717) is 24.6 Å². The first-order valence-electron chi connectivity index (χ1n) is 11.6. The van der Waals surface area contributed by atoms with Crippen LogP contribution in [0, 0.1) is 0 Å². The van der Waals surface area contributed by atoms with Crippen LogP contribution in [-0.4, -0.2) is 35.7 Å². The van der Waals surface area contributed by atoms with Crippen LogP contribution < -0.4 is 0 Å². The van der Waals surface area contributed by atoms with Gasteiger partial charge in [-0.05, 0) is 46.9 Å². The Labute approximate surface area is 194 Å². The van der Waals surface area contributed by atoms with Crippen molar-refractivity contribution in [1.29, 1.82) is 0 Å². The zero-order valence-corrected chi connectivity index (χ0v) is 21.1. The van der Waals surface area contributed by atoms with E-state index in [2.05, 4.69) is 77.5 Å². The van der Waals surface area contributed by atoms with Gasteiger partial charge in [-0.15, -0.1) is 0 Å². The molecule has 4 nitrogen and oxygen atoms in total. The lowest BCUT2D eigenvalue weighted by Crippen LogP contribution is -2.13. The molecular formula is C28H40N2O2. The lowest BCUT2D eigenvalue weighted by atomic mass is 9.84. The molecule has 2 aromatic rings. The Morgan fingerprint density at radius 3 is 1.28 bits per heavy atom. The minimum atomic E-state index is -0.136. The van der Waals surface area contributed by atoms with Crippen LogP contribution in [0.4, 0.5) is 0 Å². The predicted octanol–water partition coefficient (Wildman–Crippen LogP) is 6.36. The molecule has 0 saturated carbocycles. The fourth-order valence-electron chi connectivity index (χ4n) is 3.63. The molecular weight excluding hydrogens is 396 g/mol. The van der Waals surface area contributed by atoms with Gasteiger partial charge in [0.05, 0.1) is 13.1 Å². The summed E-state index contributed by atoms with van der Waals surface area (Å²) >= 11 is 0. The molecule has 0 bridgehead atoms. The number of aliphatic imine (C=N–C) groups is 2. The SMILES string of the molecule is CCc1cc(/C=N/CC/N=C/c2cc(CC)cc(C(C)(C)C)c2O)c(O)c(C(C)(C)C)c1. The van der Waals surface area contributed by atoms with Gasteiger partial charge in [-0.2, -0.15) is 0 Å². The molecule has 0 amide bonds. The first kappa shape index (κ1) is 25.6. The number of phenols is 2. The molecule has 0 atom stereocenters. The molecule has 0 radical (unpaired) electrons. The van der Waals surface area contributed by atoms with E-state index in [9.17, 15) is 10.2 Å². The van der Waals surface area contributed by atoms with E-state index in [-0.39, 0.29) is 10.8 Å². The third kappa shape index (κ3) is 6.44. The summed E-state index contributed by atoms with van der Waals surface area (Å²) in [5.41, 5.74) is 5.49. The number of rotatable bonds is 7. The maximum absolute atomic E-state index is 10.7. The number of phenolic OH excluding ortho intramolecular Hbond substituents is 2. The van der Waals surface area contributed by atoms with Crippen LogP contribution in [0.5, 0.6) is 11.5 Å². The van der Waals surface area contributed by atoms with Crippen molar-refractivity contribution in [3.05, 3.63) is 57.6 Å². The Balaban J connectivity index is 2.15. The Bertz CT molecular complexity index is 908. The van der Waals surface area contributed by atoms with Gasteiger partial charge in [0, 0.05) is 34.7 Å². The fourth-order valence-corrected chi connectivity index (χ4v) is 3.63. The van der Waals surface area contributed by atoms with Gasteiger partial charge in [0.1, 0.15) is 11.5 Å². The monoisotopic (exact) mass is 436 g/mol. The number of nitrogens with zero attached hydrogens (tertiary/aromatic N) is 2. The summed E-state index contributed by atoms with van der Waals surface area (Å²) in [6.07, 6.45) is 5.30. The fraction of sp³-hybridized carbons (Fsp3) is 0.500. The maximum Gasteiger partial charge on any atom is 0.128 e. The van der Waals surface area contributed by atoms with Gasteiger partial charge in [-0.1, -0.05) is 67.5 Å². The molecule has 2 N–H and O–H groups in total. The zero-order chi connectivity index (χ0) is 24.1. The van der Waals surface area contributed by atoms with E-state index in [1.807, 2.05) is 12.1 Å². The van der Waals surface area contributed by atoms with E-state index >= 15 is 0 Å². The van der Waals surface area contributed by atoms with Gasteiger partial charge < -0.3 is 10.2 Å². The second-order valence-electron chi connectivity index (χ2n) is 10.4. The Kier molecular flexibility index (Phi) is 8.28. The van der Waals surface area contributed by atoms with Crippen molar-refractivity contribution >= 4 is 12.4 Å². The molecule has 0 heterocycles. The molecule has 2 rings (SSSR count). The largest absolute Gasteiger partial charge is 0.507 e. The van der Waals surface area contributed by atoms with Crippen molar-refractivity contribution in [2.45, 2.75) is 79.1 Å². The highest BCUT2D eigenvalue weighted by Crippen LogP contribution is 2.35. The van der Waals surface area contributed by atoms with Crippen LogP contribution in [0.1, 0.15) is 88.8 Å². The summed E-state index contributed by atoms with van der Waals surface area (Å²) in [5.74, 6) is 0.607. The van der Waals surface area contributed by atoms with E-state index in [1.54, 1.807) is 12.4 Å². The van der Waals surface area contributed by atoms with E-state index in [4.69, 9.17) is 0 Å². The number of aryl methyl sites for hydroxylation is 2. The molecule has 0 spiro atoms. The van der Waals surface area contributed by atoms with E-state index in [0.717, 1.165) is 35.1 Å². The molecule has 4 heteroatoms. The van der Waals surface area contributed by atoms with Crippen LogP contribution in [-0.2, 0) is 23.7 Å². The molecule has 0 fully saturated rings. The van der Waals surface area contributed by atoms with Crippen LogP contribution in [0.15, 0.2) is 34.3 Å². The van der Waals surface area contributed by atoms with Gasteiger partial charge in [0.25, 0.3) is 0 Å². The minimum absolute atomic E-state index is 0.136. The quantitative estimate of drug-likeness (QED) is 0.392. The zero-order valence-electron chi connectivity index (χ0n) is 21.1. The molecule has 0 aliphatic rings. The first-order valence-corrected chi connectivity index (χ1v) is 11.6. The van der Waals surface area contributed by atoms with E-state index < -0.39 is 0 Å². The van der Waals surface area contributed by atoms with Gasteiger partial charge in [0.15, 0.2) is 0 Å². The second kappa shape index (κ2) is 10.3. The summed E-state index contributed by atoms with van der Waals surface area (Å²) in [6.45, 7) is 17.9. The van der Waals surface area contributed by atoms with E-state index in [1.165, 1.54) is 11.1 Å². The Morgan fingerprint density at radius 1 is 0.656 bits per heavy atom. The summed E-state index contributed by atoms with van der Waals surface area (Å²) in [4.78, 5) is 8.97. The summed E-state index contributed by atoms with van der Waals surface area (Å²) in [7, 11) is 0. The molecule has 0 aliphatic heterocycles. The Morgan fingerprint density at radius 2 is 1.00 bits per heavy atom.